The first-order valence-corrected chi connectivity index (χ1v) is 7.07. The van der Waals surface area contributed by atoms with Gasteiger partial charge in [0, 0.05) is 37.0 Å². The second-order valence-corrected chi connectivity index (χ2v) is 4.96. The number of halogens is 2. The number of aromatic nitrogens is 4. The maximum atomic E-state index is 14.0. The second-order valence-electron chi connectivity index (χ2n) is 4.96. The molecular formula is C14H23ClFN5. The third kappa shape index (κ3) is 3.75. The number of nitrogens with zero attached hydrogens (tertiary/aromatic N) is 4. The number of nitrogens with one attached hydrogen (secondary N) is 1. The Morgan fingerprint density at radius 2 is 2.05 bits per heavy atom. The molecule has 0 fully saturated rings. The molecule has 2 heterocycles. The van der Waals surface area contributed by atoms with E-state index in [0.717, 1.165) is 17.9 Å². The maximum Gasteiger partial charge on any atom is 0.216 e. The Hall–Kier alpha value is -1.56. The summed E-state index contributed by atoms with van der Waals surface area (Å²) in [5.41, 5.74) is 1.32. The SMILES string of the molecule is CCC(C)n1ccc(NCc2c(C)nn(CC)c2F)n1.Cl. The molecule has 2 aromatic rings. The van der Waals surface area contributed by atoms with Crippen molar-refractivity contribution in [2.75, 3.05) is 5.32 Å². The van der Waals surface area contributed by atoms with Crippen LogP contribution in [0.1, 0.15) is 44.5 Å². The summed E-state index contributed by atoms with van der Waals surface area (Å²) in [6.45, 7) is 8.87. The summed E-state index contributed by atoms with van der Waals surface area (Å²) in [5, 5.41) is 11.8. The van der Waals surface area contributed by atoms with E-state index in [1.54, 1.807) is 0 Å². The Morgan fingerprint density at radius 3 is 2.62 bits per heavy atom. The predicted molar refractivity (Wildman–Crippen MR) is 84.4 cm³/mol. The van der Waals surface area contributed by atoms with Gasteiger partial charge in [-0.2, -0.15) is 14.6 Å². The molecule has 0 spiro atoms. The van der Waals surface area contributed by atoms with E-state index in [1.807, 2.05) is 30.8 Å². The van der Waals surface area contributed by atoms with Crippen molar-refractivity contribution in [2.45, 2.75) is 53.2 Å². The molecule has 0 amide bonds. The summed E-state index contributed by atoms with van der Waals surface area (Å²) in [7, 11) is 0. The van der Waals surface area contributed by atoms with Crippen LogP contribution in [-0.4, -0.2) is 19.6 Å². The summed E-state index contributed by atoms with van der Waals surface area (Å²) < 4.78 is 17.3. The lowest BCUT2D eigenvalue weighted by Gasteiger charge is -2.08. The average Bonchev–Trinajstić information content (AvgIpc) is 3.01. The maximum absolute atomic E-state index is 14.0. The topological polar surface area (TPSA) is 47.7 Å². The van der Waals surface area contributed by atoms with Gasteiger partial charge in [0.1, 0.15) is 5.82 Å². The van der Waals surface area contributed by atoms with Crippen LogP contribution in [-0.2, 0) is 13.1 Å². The van der Waals surface area contributed by atoms with E-state index in [0.29, 0.717) is 24.7 Å². The van der Waals surface area contributed by atoms with Gasteiger partial charge in [0.2, 0.25) is 5.95 Å². The van der Waals surface area contributed by atoms with Crippen molar-refractivity contribution < 1.29 is 4.39 Å². The highest BCUT2D eigenvalue weighted by Gasteiger charge is 2.14. The fourth-order valence-corrected chi connectivity index (χ4v) is 2.04. The number of hydrogen-bond acceptors (Lipinski definition) is 3. The van der Waals surface area contributed by atoms with E-state index in [9.17, 15) is 4.39 Å². The third-order valence-electron chi connectivity index (χ3n) is 3.58. The van der Waals surface area contributed by atoms with Crippen LogP contribution >= 0.6 is 12.4 Å². The minimum atomic E-state index is -0.265. The Balaban J connectivity index is 0.00000220. The molecule has 1 N–H and O–H groups in total. The Labute approximate surface area is 130 Å². The first kappa shape index (κ1) is 17.5. The smallest absolute Gasteiger partial charge is 0.216 e. The number of rotatable bonds is 6. The van der Waals surface area contributed by atoms with E-state index in [2.05, 4.69) is 29.4 Å². The normalized spacial score (nSPS) is 12.0. The van der Waals surface area contributed by atoms with Crippen LogP contribution in [0.25, 0.3) is 0 Å². The van der Waals surface area contributed by atoms with Gasteiger partial charge in [0.05, 0.1) is 5.69 Å². The molecule has 0 saturated heterocycles. The average molecular weight is 316 g/mol. The van der Waals surface area contributed by atoms with Gasteiger partial charge in [-0.15, -0.1) is 12.4 Å². The highest BCUT2D eigenvalue weighted by Crippen LogP contribution is 2.16. The molecule has 0 radical (unpaired) electrons. The number of hydrogen-bond donors (Lipinski definition) is 1. The molecule has 1 atom stereocenters. The zero-order valence-electron chi connectivity index (χ0n) is 12.9. The fraction of sp³-hybridized carbons (Fsp3) is 0.571. The number of aryl methyl sites for hydroxylation is 2. The molecular weight excluding hydrogens is 293 g/mol. The van der Waals surface area contributed by atoms with Crippen LogP contribution < -0.4 is 5.32 Å². The lowest BCUT2D eigenvalue weighted by atomic mass is 10.2. The molecule has 7 heteroatoms. The van der Waals surface area contributed by atoms with Gasteiger partial charge in [0.25, 0.3) is 0 Å². The van der Waals surface area contributed by atoms with Gasteiger partial charge in [0.15, 0.2) is 0 Å². The monoisotopic (exact) mass is 315 g/mol. The predicted octanol–water partition coefficient (Wildman–Crippen LogP) is 3.55. The van der Waals surface area contributed by atoms with Crippen LogP contribution in [0.3, 0.4) is 0 Å². The summed E-state index contributed by atoms with van der Waals surface area (Å²) >= 11 is 0. The van der Waals surface area contributed by atoms with Crippen molar-refractivity contribution in [2.24, 2.45) is 0 Å². The van der Waals surface area contributed by atoms with Crippen molar-refractivity contribution >= 4 is 18.2 Å². The van der Waals surface area contributed by atoms with Crippen LogP contribution in [0, 0.1) is 12.9 Å². The van der Waals surface area contributed by atoms with Gasteiger partial charge >= 0.3 is 0 Å². The highest BCUT2D eigenvalue weighted by molar-refractivity contribution is 5.85. The Bertz CT molecular complexity index is 578. The lowest BCUT2D eigenvalue weighted by molar-refractivity contribution is 0.464. The minimum Gasteiger partial charge on any atom is -0.364 e. The Morgan fingerprint density at radius 1 is 1.33 bits per heavy atom. The molecule has 0 saturated carbocycles. The van der Waals surface area contributed by atoms with Crippen molar-refractivity contribution in [3.8, 4) is 0 Å². The standard InChI is InChI=1S/C14H22FN5.ClH/c1-5-10(3)20-8-7-13(18-20)16-9-12-11(4)17-19(6-2)14(12)15;/h7-8,10H,5-6,9H2,1-4H3,(H,16,18);1H. The summed E-state index contributed by atoms with van der Waals surface area (Å²) in [5.74, 6) is 0.493. The molecule has 21 heavy (non-hydrogen) atoms. The molecule has 0 bridgehead atoms. The van der Waals surface area contributed by atoms with Gasteiger partial charge in [-0.05, 0) is 27.2 Å². The quantitative estimate of drug-likeness (QED) is 0.886. The van der Waals surface area contributed by atoms with Crippen LogP contribution in [0.2, 0.25) is 0 Å². The number of anilines is 1. The van der Waals surface area contributed by atoms with Gasteiger partial charge in [-0.3, -0.25) is 4.68 Å². The third-order valence-corrected chi connectivity index (χ3v) is 3.58. The zero-order chi connectivity index (χ0) is 14.7. The largest absolute Gasteiger partial charge is 0.364 e. The molecule has 5 nitrogen and oxygen atoms in total. The van der Waals surface area contributed by atoms with Crippen molar-refractivity contribution in [3.05, 3.63) is 29.5 Å². The molecule has 0 aromatic carbocycles. The van der Waals surface area contributed by atoms with Crippen LogP contribution in [0.5, 0.6) is 0 Å². The van der Waals surface area contributed by atoms with E-state index in [-0.39, 0.29) is 18.4 Å². The van der Waals surface area contributed by atoms with Crippen molar-refractivity contribution in [1.29, 1.82) is 0 Å². The summed E-state index contributed by atoms with van der Waals surface area (Å²) in [6, 6.07) is 2.27. The summed E-state index contributed by atoms with van der Waals surface area (Å²) in [4.78, 5) is 0. The first-order valence-electron chi connectivity index (χ1n) is 7.07. The molecule has 118 valence electrons. The van der Waals surface area contributed by atoms with Gasteiger partial charge < -0.3 is 5.32 Å². The van der Waals surface area contributed by atoms with Gasteiger partial charge in [-0.25, -0.2) is 4.68 Å². The van der Waals surface area contributed by atoms with E-state index >= 15 is 0 Å². The summed E-state index contributed by atoms with van der Waals surface area (Å²) in [6.07, 6.45) is 2.97. The van der Waals surface area contributed by atoms with E-state index in [1.165, 1.54) is 4.68 Å². The van der Waals surface area contributed by atoms with Crippen molar-refractivity contribution in [1.82, 2.24) is 19.6 Å². The second kappa shape index (κ2) is 7.45. The van der Waals surface area contributed by atoms with E-state index < -0.39 is 0 Å². The van der Waals surface area contributed by atoms with Crippen LogP contribution in [0.15, 0.2) is 12.3 Å². The molecule has 0 aliphatic carbocycles. The first-order chi connectivity index (χ1) is 9.56. The van der Waals surface area contributed by atoms with E-state index in [4.69, 9.17) is 0 Å². The van der Waals surface area contributed by atoms with Crippen molar-refractivity contribution in [3.63, 3.8) is 0 Å². The van der Waals surface area contributed by atoms with Crippen LogP contribution in [0.4, 0.5) is 10.2 Å². The molecule has 0 aliphatic rings. The lowest BCUT2D eigenvalue weighted by Crippen LogP contribution is -2.07. The fourth-order valence-electron chi connectivity index (χ4n) is 2.04. The Kier molecular flexibility index (Phi) is 6.20. The molecule has 1 unspecified atom stereocenters. The van der Waals surface area contributed by atoms with Gasteiger partial charge in [-0.1, -0.05) is 6.92 Å². The molecule has 2 aromatic heterocycles. The highest BCUT2D eigenvalue weighted by atomic mass is 35.5. The molecule has 2 rings (SSSR count). The zero-order valence-corrected chi connectivity index (χ0v) is 13.7. The minimum absolute atomic E-state index is 0. The molecule has 0 aliphatic heterocycles.